The smallest absolute Gasteiger partial charge is 0.414 e. The van der Waals surface area contributed by atoms with Crippen molar-refractivity contribution < 1.29 is 19.8 Å². The summed E-state index contributed by atoms with van der Waals surface area (Å²) in [4.78, 5) is 22.8. The van der Waals surface area contributed by atoms with E-state index in [-0.39, 0.29) is 0 Å². The van der Waals surface area contributed by atoms with Gasteiger partial charge in [-0.1, -0.05) is 18.9 Å². The van der Waals surface area contributed by atoms with E-state index in [0.29, 0.717) is 6.04 Å². The number of aliphatic carboxylic acids is 2. The summed E-state index contributed by atoms with van der Waals surface area (Å²) in [7, 11) is 0. The van der Waals surface area contributed by atoms with Crippen LogP contribution in [0.1, 0.15) is 37.1 Å². The number of aryl methyl sites for hydroxylation is 1. The molecule has 2 rings (SSSR count). The minimum atomic E-state index is -1.82. The summed E-state index contributed by atoms with van der Waals surface area (Å²) in [6.45, 7) is 3.24. The Labute approximate surface area is 124 Å². The van der Waals surface area contributed by atoms with Crippen molar-refractivity contribution in [2.45, 2.75) is 45.1 Å². The van der Waals surface area contributed by atoms with E-state index in [2.05, 4.69) is 35.4 Å². The number of hydrogen-bond donors (Lipinski definition) is 3. The molecule has 0 aliphatic carbocycles. The monoisotopic (exact) mass is 294 g/mol. The molecule has 6 heteroatoms. The average Bonchev–Trinajstić information content (AvgIpc) is 2.68. The van der Waals surface area contributed by atoms with Crippen molar-refractivity contribution in [2.75, 3.05) is 6.54 Å². The first kappa shape index (κ1) is 17.1. The maximum absolute atomic E-state index is 9.10. The van der Waals surface area contributed by atoms with Gasteiger partial charge in [0.05, 0.1) is 0 Å². The van der Waals surface area contributed by atoms with E-state index in [9.17, 15) is 0 Å². The molecular formula is C15H22N2O4. The number of nitrogens with one attached hydrogen (secondary N) is 1. The van der Waals surface area contributed by atoms with Gasteiger partial charge < -0.3 is 15.5 Å². The van der Waals surface area contributed by atoms with Crippen molar-refractivity contribution in [3.05, 3.63) is 29.6 Å². The Morgan fingerprint density at radius 1 is 1.24 bits per heavy atom. The summed E-state index contributed by atoms with van der Waals surface area (Å²) < 4.78 is 0. The number of rotatable bonds is 2. The zero-order valence-electron chi connectivity index (χ0n) is 12.2. The first-order chi connectivity index (χ1) is 9.99. The Morgan fingerprint density at radius 2 is 1.95 bits per heavy atom. The van der Waals surface area contributed by atoms with Crippen LogP contribution in [0, 0.1) is 6.92 Å². The summed E-state index contributed by atoms with van der Waals surface area (Å²) in [6, 6.07) is 6.94. The fourth-order valence-electron chi connectivity index (χ4n) is 2.24. The number of aromatic nitrogens is 1. The molecule has 1 aliphatic rings. The van der Waals surface area contributed by atoms with Crippen molar-refractivity contribution >= 4 is 11.9 Å². The maximum Gasteiger partial charge on any atom is 0.414 e. The Hall–Kier alpha value is -1.95. The van der Waals surface area contributed by atoms with Crippen molar-refractivity contribution in [3.8, 4) is 0 Å². The van der Waals surface area contributed by atoms with Crippen molar-refractivity contribution in [3.63, 3.8) is 0 Å². The van der Waals surface area contributed by atoms with Gasteiger partial charge in [-0.25, -0.2) is 9.59 Å². The van der Waals surface area contributed by atoms with Crippen LogP contribution in [0.15, 0.2) is 18.2 Å². The van der Waals surface area contributed by atoms with Gasteiger partial charge in [0, 0.05) is 23.9 Å². The maximum atomic E-state index is 9.10. The van der Waals surface area contributed by atoms with Crippen LogP contribution in [-0.2, 0) is 16.0 Å². The highest BCUT2D eigenvalue weighted by atomic mass is 16.4. The third kappa shape index (κ3) is 7.41. The summed E-state index contributed by atoms with van der Waals surface area (Å²) in [5.41, 5.74) is 2.36. The van der Waals surface area contributed by atoms with Crippen LogP contribution in [0.2, 0.25) is 0 Å². The second kappa shape index (κ2) is 9.07. The lowest BCUT2D eigenvalue weighted by molar-refractivity contribution is -0.159. The lowest BCUT2D eigenvalue weighted by atomic mass is 10.1. The van der Waals surface area contributed by atoms with Crippen LogP contribution in [0.25, 0.3) is 0 Å². The first-order valence-electron chi connectivity index (χ1n) is 7.11. The van der Waals surface area contributed by atoms with E-state index < -0.39 is 11.9 Å². The van der Waals surface area contributed by atoms with Gasteiger partial charge in [0.1, 0.15) is 0 Å². The topological polar surface area (TPSA) is 99.5 Å². The van der Waals surface area contributed by atoms with E-state index in [1.54, 1.807) is 0 Å². The molecule has 3 N–H and O–H groups in total. The lowest BCUT2D eigenvalue weighted by Crippen LogP contribution is -2.30. The molecule has 1 aromatic rings. The van der Waals surface area contributed by atoms with E-state index >= 15 is 0 Å². The molecule has 2 heterocycles. The molecule has 1 saturated heterocycles. The number of hydrogen-bond acceptors (Lipinski definition) is 4. The summed E-state index contributed by atoms with van der Waals surface area (Å²) in [6.07, 6.45) is 6.46. The predicted octanol–water partition coefficient (Wildman–Crippen LogP) is 1.62. The number of pyridine rings is 1. The molecule has 0 saturated carbocycles. The zero-order chi connectivity index (χ0) is 15.7. The van der Waals surface area contributed by atoms with Crippen LogP contribution in [0.3, 0.4) is 0 Å². The molecule has 0 radical (unpaired) electrons. The first-order valence-corrected chi connectivity index (χ1v) is 7.11. The molecule has 21 heavy (non-hydrogen) atoms. The highest BCUT2D eigenvalue weighted by Gasteiger charge is 2.12. The van der Waals surface area contributed by atoms with Crippen molar-refractivity contribution in [1.82, 2.24) is 10.3 Å². The van der Waals surface area contributed by atoms with Crippen molar-refractivity contribution in [1.29, 1.82) is 0 Å². The second-order valence-corrected chi connectivity index (χ2v) is 5.09. The van der Waals surface area contributed by atoms with Gasteiger partial charge >= 0.3 is 11.9 Å². The van der Waals surface area contributed by atoms with Crippen LogP contribution in [0.5, 0.6) is 0 Å². The SMILES string of the molecule is Cc1cccc(CC2CCCCCN2)n1.O=C(O)C(=O)O. The molecule has 0 amide bonds. The zero-order valence-corrected chi connectivity index (χ0v) is 12.2. The van der Waals surface area contributed by atoms with E-state index in [1.165, 1.54) is 37.9 Å². The normalized spacial score (nSPS) is 18.0. The fraction of sp³-hybridized carbons (Fsp3) is 0.533. The Morgan fingerprint density at radius 3 is 2.57 bits per heavy atom. The van der Waals surface area contributed by atoms with E-state index in [4.69, 9.17) is 19.8 Å². The number of nitrogens with zero attached hydrogens (tertiary/aromatic N) is 1. The molecular weight excluding hydrogens is 272 g/mol. The van der Waals surface area contributed by atoms with Crippen LogP contribution < -0.4 is 5.32 Å². The Bertz CT molecular complexity index is 456. The van der Waals surface area contributed by atoms with Gasteiger partial charge in [0.2, 0.25) is 0 Å². The molecule has 6 nitrogen and oxygen atoms in total. The molecule has 1 fully saturated rings. The third-order valence-electron chi connectivity index (χ3n) is 3.25. The van der Waals surface area contributed by atoms with Gasteiger partial charge in [0.15, 0.2) is 0 Å². The van der Waals surface area contributed by atoms with Crippen LogP contribution in [-0.4, -0.2) is 39.7 Å². The quantitative estimate of drug-likeness (QED) is 0.717. The molecule has 1 unspecified atom stereocenters. The third-order valence-corrected chi connectivity index (χ3v) is 3.25. The Kier molecular flexibility index (Phi) is 7.39. The van der Waals surface area contributed by atoms with Crippen LogP contribution in [0.4, 0.5) is 0 Å². The molecule has 0 spiro atoms. The lowest BCUT2D eigenvalue weighted by Gasteiger charge is -2.15. The standard InChI is InChI=1S/C13H20N2.C2H2O4/c1-11-6-5-8-13(15-11)10-12-7-3-2-4-9-14-12;3-1(4)2(5)6/h5-6,8,12,14H,2-4,7,9-10H2,1H3;(H,3,4)(H,5,6). The molecule has 1 atom stereocenters. The summed E-state index contributed by atoms with van der Waals surface area (Å²) in [5, 5.41) is 18.4. The summed E-state index contributed by atoms with van der Waals surface area (Å²) >= 11 is 0. The predicted molar refractivity (Wildman–Crippen MR) is 78.2 cm³/mol. The van der Waals surface area contributed by atoms with E-state index in [1.807, 2.05) is 0 Å². The number of carboxylic acid groups (broad SMARTS) is 2. The van der Waals surface area contributed by atoms with Gasteiger partial charge in [0.25, 0.3) is 0 Å². The van der Waals surface area contributed by atoms with Crippen molar-refractivity contribution in [2.24, 2.45) is 0 Å². The number of carboxylic acids is 2. The van der Waals surface area contributed by atoms with Gasteiger partial charge in [-0.2, -0.15) is 0 Å². The largest absolute Gasteiger partial charge is 0.473 e. The van der Waals surface area contributed by atoms with Gasteiger partial charge in [-0.15, -0.1) is 0 Å². The number of carbonyl (C=O) groups is 2. The molecule has 116 valence electrons. The van der Waals surface area contributed by atoms with E-state index in [0.717, 1.165) is 12.1 Å². The van der Waals surface area contributed by atoms with Gasteiger partial charge in [-0.3, -0.25) is 4.98 Å². The van der Waals surface area contributed by atoms with Gasteiger partial charge in [-0.05, 0) is 38.4 Å². The highest BCUT2D eigenvalue weighted by molar-refractivity contribution is 6.27. The second-order valence-electron chi connectivity index (χ2n) is 5.09. The highest BCUT2D eigenvalue weighted by Crippen LogP contribution is 2.12. The average molecular weight is 294 g/mol. The summed E-state index contributed by atoms with van der Waals surface area (Å²) in [5.74, 6) is -3.65. The minimum Gasteiger partial charge on any atom is -0.473 e. The van der Waals surface area contributed by atoms with Crippen LogP contribution >= 0.6 is 0 Å². The molecule has 1 aromatic heterocycles. The fourth-order valence-corrected chi connectivity index (χ4v) is 2.24. The molecule has 0 aromatic carbocycles. The Balaban J connectivity index is 0.000000315. The molecule has 1 aliphatic heterocycles. The minimum absolute atomic E-state index is 0.641. The molecule has 0 bridgehead atoms.